The van der Waals surface area contributed by atoms with Crippen LogP contribution in [0.15, 0.2) is 0 Å². The number of hydrogen-bond donors (Lipinski definition) is 2. The smallest absolute Gasteiger partial charge is 0.326 e. The fraction of sp³-hybridized carbons (Fsp3) is 0.750. The van der Waals surface area contributed by atoms with E-state index in [1.54, 1.807) is 0 Å². The van der Waals surface area contributed by atoms with Gasteiger partial charge >= 0.3 is 5.97 Å². The predicted octanol–water partition coefficient (Wildman–Crippen LogP) is 1.97. The van der Waals surface area contributed by atoms with E-state index in [-0.39, 0.29) is 12.3 Å². The lowest BCUT2D eigenvalue weighted by Crippen LogP contribution is -2.46. The molecule has 0 aromatic rings. The van der Waals surface area contributed by atoms with Crippen molar-refractivity contribution in [2.75, 3.05) is 0 Å². The summed E-state index contributed by atoms with van der Waals surface area (Å²) in [6, 6.07) is -1.03. The van der Waals surface area contributed by atoms with Crippen molar-refractivity contribution >= 4 is 46.7 Å². The largest absolute Gasteiger partial charge is 0.480 e. The molecule has 0 saturated carbocycles. The third-order valence-corrected chi connectivity index (χ3v) is 2.08. The number of alkyl halides is 3. The molecule has 0 aromatic carbocycles. The minimum Gasteiger partial charge on any atom is -0.480 e. The van der Waals surface area contributed by atoms with Gasteiger partial charge in [-0.15, -0.1) is 0 Å². The number of carbonyl (C=O) groups is 2. The van der Waals surface area contributed by atoms with Crippen LogP contribution in [-0.2, 0) is 9.59 Å². The van der Waals surface area contributed by atoms with E-state index in [1.807, 2.05) is 13.8 Å². The molecular formula is C8H12Cl3NO3. The van der Waals surface area contributed by atoms with Gasteiger partial charge in [0.05, 0.1) is 0 Å². The van der Waals surface area contributed by atoms with Gasteiger partial charge in [-0.05, 0) is 12.3 Å². The highest BCUT2D eigenvalue weighted by Gasteiger charge is 2.34. The van der Waals surface area contributed by atoms with Gasteiger partial charge in [0.25, 0.3) is 9.70 Å². The molecule has 0 rings (SSSR count). The zero-order valence-corrected chi connectivity index (χ0v) is 10.5. The second kappa shape index (κ2) is 5.77. The molecule has 0 spiro atoms. The molecule has 1 atom stereocenters. The van der Waals surface area contributed by atoms with E-state index in [1.165, 1.54) is 0 Å². The van der Waals surface area contributed by atoms with Crippen molar-refractivity contribution in [3.05, 3.63) is 0 Å². The first kappa shape index (κ1) is 14.8. The quantitative estimate of drug-likeness (QED) is 0.772. The van der Waals surface area contributed by atoms with Crippen molar-refractivity contribution in [1.82, 2.24) is 5.32 Å². The number of carboxylic acids is 1. The topological polar surface area (TPSA) is 66.4 Å². The summed E-state index contributed by atoms with van der Waals surface area (Å²) in [5.74, 6) is -1.96. The number of aliphatic carboxylic acids is 1. The Hall–Kier alpha value is -0.190. The molecule has 0 fully saturated rings. The van der Waals surface area contributed by atoms with Gasteiger partial charge in [-0.3, -0.25) is 4.79 Å². The number of amides is 1. The summed E-state index contributed by atoms with van der Waals surface area (Å²) in [6.45, 7) is 3.66. The van der Waals surface area contributed by atoms with E-state index >= 15 is 0 Å². The van der Waals surface area contributed by atoms with Crippen LogP contribution in [0.5, 0.6) is 0 Å². The summed E-state index contributed by atoms with van der Waals surface area (Å²) in [6.07, 6.45) is 0.280. The Kier molecular flexibility index (Phi) is 5.70. The monoisotopic (exact) mass is 275 g/mol. The van der Waals surface area contributed by atoms with Gasteiger partial charge in [-0.2, -0.15) is 0 Å². The van der Waals surface area contributed by atoms with Gasteiger partial charge in [0, 0.05) is 0 Å². The minimum atomic E-state index is -2.13. The summed E-state index contributed by atoms with van der Waals surface area (Å²) in [4.78, 5) is 21.9. The van der Waals surface area contributed by atoms with Gasteiger partial charge in [0.2, 0.25) is 0 Å². The third-order valence-electron chi connectivity index (χ3n) is 1.57. The van der Waals surface area contributed by atoms with Crippen LogP contribution >= 0.6 is 34.8 Å². The fourth-order valence-electron chi connectivity index (χ4n) is 0.933. The first-order chi connectivity index (χ1) is 6.64. The second-order valence-corrected chi connectivity index (χ2v) is 5.77. The van der Waals surface area contributed by atoms with Gasteiger partial charge < -0.3 is 10.4 Å². The van der Waals surface area contributed by atoms with Crippen LogP contribution in [0.3, 0.4) is 0 Å². The summed E-state index contributed by atoms with van der Waals surface area (Å²) in [5.41, 5.74) is 0. The maximum atomic E-state index is 11.2. The highest BCUT2D eigenvalue weighted by atomic mass is 35.6. The standard InChI is InChI=1S/C8H12Cl3NO3/c1-4(2)3-5(6(13)14)12-7(15)8(9,10)11/h4-5H,3H2,1-2H3,(H,12,15)(H,13,14)/t5-/m0/s1. The van der Waals surface area contributed by atoms with E-state index in [0.717, 1.165) is 0 Å². The average molecular weight is 277 g/mol. The molecule has 0 unspecified atom stereocenters. The minimum absolute atomic E-state index is 0.113. The third kappa shape index (κ3) is 6.07. The Morgan fingerprint density at radius 1 is 1.33 bits per heavy atom. The predicted molar refractivity (Wildman–Crippen MR) is 59.3 cm³/mol. The molecular weight excluding hydrogens is 264 g/mol. The maximum absolute atomic E-state index is 11.2. The molecule has 4 nitrogen and oxygen atoms in total. The highest BCUT2D eigenvalue weighted by molar-refractivity contribution is 6.76. The van der Waals surface area contributed by atoms with Crippen LogP contribution in [0.1, 0.15) is 20.3 Å². The van der Waals surface area contributed by atoms with Crippen molar-refractivity contribution in [2.45, 2.75) is 30.1 Å². The first-order valence-corrected chi connectivity index (χ1v) is 5.38. The lowest BCUT2D eigenvalue weighted by Gasteiger charge is -2.19. The molecule has 0 aromatic heterocycles. The second-order valence-electron chi connectivity index (χ2n) is 3.49. The van der Waals surface area contributed by atoms with Crippen LogP contribution in [0, 0.1) is 5.92 Å². The van der Waals surface area contributed by atoms with Crippen molar-refractivity contribution in [2.24, 2.45) is 5.92 Å². The summed E-state index contributed by atoms with van der Waals surface area (Å²) in [5, 5.41) is 10.9. The zero-order valence-electron chi connectivity index (χ0n) is 8.26. The summed E-state index contributed by atoms with van der Waals surface area (Å²) < 4.78 is -2.13. The van der Waals surface area contributed by atoms with Crippen LogP contribution in [0.2, 0.25) is 0 Å². The summed E-state index contributed by atoms with van der Waals surface area (Å²) >= 11 is 15.9. The maximum Gasteiger partial charge on any atom is 0.326 e. The Labute approximate surface area is 103 Å². The van der Waals surface area contributed by atoms with Crippen LogP contribution in [-0.4, -0.2) is 26.8 Å². The molecule has 0 saturated heterocycles. The molecule has 0 heterocycles. The average Bonchev–Trinajstić information content (AvgIpc) is 1.99. The molecule has 0 aliphatic carbocycles. The van der Waals surface area contributed by atoms with Crippen molar-refractivity contribution < 1.29 is 14.7 Å². The van der Waals surface area contributed by atoms with Crippen LogP contribution in [0.4, 0.5) is 0 Å². The van der Waals surface area contributed by atoms with E-state index in [9.17, 15) is 9.59 Å². The Balaban J connectivity index is 4.43. The fourth-order valence-corrected chi connectivity index (χ4v) is 1.10. The number of carboxylic acid groups (broad SMARTS) is 1. The normalized spacial score (nSPS) is 13.7. The van der Waals surface area contributed by atoms with E-state index in [4.69, 9.17) is 39.9 Å². The van der Waals surface area contributed by atoms with Crippen molar-refractivity contribution in [3.63, 3.8) is 0 Å². The molecule has 15 heavy (non-hydrogen) atoms. The molecule has 2 N–H and O–H groups in total. The highest BCUT2D eigenvalue weighted by Crippen LogP contribution is 2.26. The van der Waals surface area contributed by atoms with E-state index in [2.05, 4.69) is 5.32 Å². The number of nitrogens with one attached hydrogen (secondary N) is 1. The molecule has 0 aliphatic heterocycles. The first-order valence-electron chi connectivity index (χ1n) is 4.25. The molecule has 0 radical (unpaired) electrons. The van der Waals surface area contributed by atoms with Crippen LogP contribution < -0.4 is 5.32 Å². The van der Waals surface area contributed by atoms with Gasteiger partial charge in [-0.25, -0.2) is 4.79 Å². The van der Waals surface area contributed by atoms with Crippen molar-refractivity contribution in [3.8, 4) is 0 Å². The number of hydrogen-bond acceptors (Lipinski definition) is 2. The molecule has 88 valence electrons. The Bertz CT molecular complexity index is 250. The molecule has 0 bridgehead atoms. The number of rotatable bonds is 4. The molecule has 0 aliphatic rings. The SMILES string of the molecule is CC(C)C[C@H](NC(=O)C(Cl)(Cl)Cl)C(=O)O. The Morgan fingerprint density at radius 3 is 2.07 bits per heavy atom. The number of halogens is 3. The lowest BCUT2D eigenvalue weighted by molar-refractivity contribution is -0.142. The Morgan fingerprint density at radius 2 is 1.80 bits per heavy atom. The molecule has 7 heteroatoms. The van der Waals surface area contributed by atoms with Gasteiger partial charge in [0.1, 0.15) is 6.04 Å². The zero-order chi connectivity index (χ0) is 12.2. The van der Waals surface area contributed by atoms with Gasteiger partial charge in [0.15, 0.2) is 0 Å². The number of carbonyl (C=O) groups excluding carboxylic acids is 1. The van der Waals surface area contributed by atoms with E-state index < -0.39 is 21.7 Å². The van der Waals surface area contributed by atoms with E-state index in [0.29, 0.717) is 0 Å². The van der Waals surface area contributed by atoms with Crippen molar-refractivity contribution in [1.29, 1.82) is 0 Å². The lowest BCUT2D eigenvalue weighted by atomic mass is 10.0. The summed E-state index contributed by atoms with van der Waals surface area (Å²) in [7, 11) is 0. The molecule has 1 amide bonds. The van der Waals surface area contributed by atoms with Gasteiger partial charge in [-0.1, -0.05) is 48.7 Å². The van der Waals surface area contributed by atoms with Crippen LogP contribution in [0.25, 0.3) is 0 Å².